The highest BCUT2D eigenvalue weighted by molar-refractivity contribution is 9.10. The molecule has 1 aliphatic rings. The molecule has 0 unspecified atom stereocenters. The van der Waals surface area contributed by atoms with Gasteiger partial charge in [0.25, 0.3) is 5.91 Å². The minimum atomic E-state index is -0.184. The van der Waals surface area contributed by atoms with Crippen LogP contribution in [0.5, 0.6) is 0 Å². The van der Waals surface area contributed by atoms with Crippen LogP contribution in [0.2, 0.25) is 0 Å². The van der Waals surface area contributed by atoms with Crippen molar-refractivity contribution < 1.29 is 9.53 Å². The highest BCUT2D eigenvalue weighted by atomic mass is 79.9. The number of ether oxygens (including phenoxy) is 1. The molecule has 0 saturated carbocycles. The van der Waals surface area contributed by atoms with E-state index in [1.807, 2.05) is 49.4 Å². The second kappa shape index (κ2) is 10.4. The molecule has 2 N–H and O–H groups in total. The Bertz CT molecular complexity index is 835. The van der Waals surface area contributed by atoms with E-state index in [-0.39, 0.29) is 5.91 Å². The molecule has 1 heterocycles. The lowest BCUT2D eigenvalue weighted by molar-refractivity contribution is 0.0394. The van der Waals surface area contributed by atoms with Crippen molar-refractivity contribution in [2.75, 3.05) is 44.7 Å². The minimum absolute atomic E-state index is 0.184. The Hall–Kier alpha value is -2.22. The molecule has 0 bridgehead atoms. The summed E-state index contributed by atoms with van der Waals surface area (Å²) >= 11 is 3.47. The van der Waals surface area contributed by atoms with Crippen LogP contribution in [0.25, 0.3) is 0 Å². The van der Waals surface area contributed by atoms with Gasteiger partial charge in [-0.1, -0.05) is 39.7 Å². The van der Waals surface area contributed by atoms with Gasteiger partial charge in [0, 0.05) is 35.4 Å². The largest absolute Gasteiger partial charge is 0.379 e. The summed E-state index contributed by atoms with van der Waals surface area (Å²) < 4.78 is 6.33. The molecule has 0 aromatic heterocycles. The number of benzene rings is 2. The fourth-order valence-corrected chi connectivity index (χ4v) is 3.31. The SMILES string of the molecule is Cc1cccc(C(=O)NC(=NCCN2CCOCC2)Nc2cccc(Br)c2)c1. The Balaban J connectivity index is 1.69. The first-order chi connectivity index (χ1) is 13.6. The Morgan fingerprint density at radius 2 is 1.96 bits per heavy atom. The van der Waals surface area contributed by atoms with E-state index in [9.17, 15) is 4.79 Å². The summed E-state index contributed by atoms with van der Waals surface area (Å²) in [4.78, 5) is 19.6. The Labute approximate surface area is 174 Å². The van der Waals surface area contributed by atoms with E-state index in [4.69, 9.17) is 4.74 Å². The Morgan fingerprint density at radius 3 is 2.71 bits per heavy atom. The van der Waals surface area contributed by atoms with Crippen LogP contribution in [0.1, 0.15) is 15.9 Å². The standard InChI is InChI=1S/C21H25BrN4O2/c1-16-4-2-5-17(14-16)20(27)25-21(24-19-7-3-6-18(22)15-19)23-8-9-26-10-12-28-13-11-26/h2-7,14-15H,8-13H2,1H3,(H2,23,24,25,27). The van der Waals surface area contributed by atoms with Crippen LogP contribution in [0, 0.1) is 6.92 Å². The van der Waals surface area contributed by atoms with Crippen molar-refractivity contribution >= 4 is 33.5 Å². The first-order valence-electron chi connectivity index (χ1n) is 9.35. The van der Waals surface area contributed by atoms with Crippen molar-refractivity contribution in [3.05, 3.63) is 64.1 Å². The number of nitrogens with one attached hydrogen (secondary N) is 2. The number of morpholine rings is 1. The van der Waals surface area contributed by atoms with Gasteiger partial charge in [-0.25, -0.2) is 0 Å². The topological polar surface area (TPSA) is 66.0 Å². The molecule has 7 heteroatoms. The third kappa shape index (κ3) is 6.44. The fourth-order valence-electron chi connectivity index (χ4n) is 2.91. The lowest BCUT2D eigenvalue weighted by atomic mass is 10.1. The number of rotatable bonds is 5. The fraction of sp³-hybridized carbons (Fsp3) is 0.333. The Morgan fingerprint density at radius 1 is 1.18 bits per heavy atom. The molecule has 0 aliphatic carbocycles. The van der Waals surface area contributed by atoms with Gasteiger partial charge in [0.05, 0.1) is 19.8 Å². The molecule has 148 valence electrons. The summed E-state index contributed by atoms with van der Waals surface area (Å²) in [6.45, 7) is 6.73. The number of aryl methyl sites for hydroxylation is 1. The predicted molar refractivity (Wildman–Crippen MR) is 116 cm³/mol. The van der Waals surface area contributed by atoms with E-state index in [0.717, 1.165) is 48.6 Å². The van der Waals surface area contributed by atoms with Crippen molar-refractivity contribution in [3.8, 4) is 0 Å². The molecular formula is C21H25BrN4O2. The lowest BCUT2D eigenvalue weighted by Crippen LogP contribution is -2.39. The highest BCUT2D eigenvalue weighted by Gasteiger charge is 2.12. The normalized spacial score (nSPS) is 15.3. The van der Waals surface area contributed by atoms with Gasteiger partial charge < -0.3 is 10.1 Å². The van der Waals surface area contributed by atoms with Crippen LogP contribution in [0.15, 0.2) is 58.0 Å². The molecule has 1 aliphatic heterocycles. The van der Waals surface area contributed by atoms with Gasteiger partial charge in [0.1, 0.15) is 0 Å². The molecule has 3 rings (SSSR count). The smallest absolute Gasteiger partial charge is 0.257 e. The third-order valence-electron chi connectivity index (χ3n) is 4.39. The number of nitrogens with zero attached hydrogens (tertiary/aromatic N) is 2. The number of halogens is 1. The van der Waals surface area contributed by atoms with Crippen LogP contribution >= 0.6 is 15.9 Å². The van der Waals surface area contributed by atoms with E-state index in [1.165, 1.54) is 0 Å². The van der Waals surface area contributed by atoms with Gasteiger partial charge in [-0.2, -0.15) is 0 Å². The zero-order chi connectivity index (χ0) is 19.8. The summed E-state index contributed by atoms with van der Waals surface area (Å²) in [5.41, 5.74) is 2.50. The van der Waals surface area contributed by atoms with Crippen molar-refractivity contribution in [3.63, 3.8) is 0 Å². The van der Waals surface area contributed by atoms with E-state index >= 15 is 0 Å². The second-order valence-electron chi connectivity index (χ2n) is 6.64. The third-order valence-corrected chi connectivity index (χ3v) is 4.88. The zero-order valence-corrected chi connectivity index (χ0v) is 17.5. The van der Waals surface area contributed by atoms with Gasteiger partial charge in [0.15, 0.2) is 0 Å². The molecule has 0 spiro atoms. The van der Waals surface area contributed by atoms with Gasteiger partial charge >= 0.3 is 0 Å². The molecule has 0 atom stereocenters. The molecule has 28 heavy (non-hydrogen) atoms. The van der Waals surface area contributed by atoms with Crippen LogP contribution in [-0.2, 0) is 4.74 Å². The summed E-state index contributed by atoms with van der Waals surface area (Å²) in [6, 6.07) is 15.3. The average Bonchev–Trinajstić information content (AvgIpc) is 2.69. The molecule has 1 fully saturated rings. The van der Waals surface area contributed by atoms with Crippen LogP contribution in [-0.4, -0.2) is 56.2 Å². The summed E-state index contributed by atoms with van der Waals surface area (Å²) in [5.74, 6) is 0.259. The number of aliphatic imine (C=N–C) groups is 1. The monoisotopic (exact) mass is 444 g/mol. The maximum Gasteiger partial charge on any atom is 0.257 e. The quantitative estimate of drug-likeness (QED) is 0.548. The first-order valence-corrected chi connectivity index (χ1v) is 10.1. The summed E-state index contributed by atoms with van der Waals surface area (Å²) in [7, 11) is 0. The summed E-state index contributed by atoms with van der Waals surface area (Å²) in [5, 5.41) is 6.13. The van der Waals surface area contributed by atoms with Gasteiger partial charge in [-0.05, 0) is 37.3 Å². The van der Waals surface area contributed by atoms with Crippen LogP contribution in [0.4, 0.5) is 5.69 Å². The van der Waals surface area contributed by atoms with Crippen molar-refractivity contribution in [1.82, 2.24) is 10.2 Å². The highest BCUT2D eigenvalue weighted by Crippen LogP contribution is 2.15. The molecular weight excluding hydrogens is 420 g/mol. The number of amides is 1. The molecule has 1 saturated heterocycles. The second-order valence-corrected chi connectivity index (χ2v) is 7.56. The molecule has 2 aromatic rings. The minimum Gasteiger partial charge on any atom is -0.379 e. The number of carbonyl (C=O) groups is 1. The number of anilines is 1. The predicted octanol–water partition coefficient (Wildman–Crippen LogP) is 3.29. The van der Waals surface area contributed by atoms with Gasteiger partial charge in [-0.3, -0.25) is 20.0 Å². The van der Waals surface area contributed by atoms with E-state index in [0.29, 0.717) is 18.1 Å². The Kier molecular flexibility index (Phi) is 7.59. The summed E-state index contributed by atoms with van der Waals surface area (Å²) in [6.07, 6.45) is 0. The zero-order valence-electron chi connectivity index (χ0n) is 16.0. The molecule has 6 nitrogen and oxygen atoms in total. The van der Waals surface area contributed by atoms with Crippen molar-refractivity contribution in [2.45, 2.75) is 6.92 Å². The van der Waals surface area contributed by atoms with Gasteiger partial charge in [-0.15, -0.1) is 0 Å². The van der Waals surface area contributed by atoms with E-state index in [1.54, 1.807) is 6.07 Å². The van der Waals surface area contributed by atoms with E-state index in [2.05, 4.69) is 36.5 Å². The van der Waals surface area contributed by atoms with Crippen molar-refractivity contribution in [2.24, 2.45) is 4.99 Å². The average molecular weight is 445 g/mol. The maximum atomic E-state index is 12.7. The van der Waals surface area contributed by atoms with Crippen LogP contribution in [0.3, 0.4) is 0 Å². The molecule has 0 radical (unpaired) electrons. The number of hydrogen-bond donors (Lipinski definition) is 2. The van der Waals surface area contributed by atoms with Crippen LogP contribution < -0.4 is 10.6 Å². The molecule has 2 aromatic carbocycles. The first kappa shape index (κ1) is 20.5. The maximum absolute atomic E-state index is 12.7. The van der Waals surface area contributed by atoms with E-state index < -0.39 is 0 Å². The molecule has 1 amide bonds. The number of hydrogen-bond acceptors (Lipinski definition) is 4. The van der Waals surface area contributed by atoms with Gasteiger partial charge in [0.2, 0.25) is 5.96 Å². The number of carbonyl (C=O) groups excluding carboxylic acids is 1. The number of guanidine groups is 1. The lowest BCUT2D eigenvalue weighted by Gasteiger charge is -2.25. The van der Waals surface area contributed by atoms with Crippen molar-refractivity contribution in [1.29, 1.82) is 0 Å².